The molecule has 1 aromatic rings. The molecule has 182 valence electrons. The first kappa shape index (κ1) is 24.0. The van der Waals surface area contributed by atoms with Crippen molar-refractivity contribution < 1.29 is 33.4 Å². The van der Waals surface area contributed by atoms with Crippen LogP contribution in [-0.4, -0.2) is 48.0 Å². The number of oxime groups is 1. The Morgan fingerprint density at radius 2 is 1.94 bits per heavy atom. The van der Waals surface area contributed by atoms with E-state index in [1.54, 1.807) is 0 Å². The Bertz CT molecular complexity index is 1030. The molecule has 0 unspecified atom stereocenters. The van der Waals surface area contributed by atoms with Crippen LogP contribution < -0.4 is 0 Å². The molecule has 0 radical (unpaired) electrons. The van der Waals surface area contributed by atoms with Gasteiger partial charge in [-0.15, -0.1) is 0 Å². The molecule has 1 aromatic carbocycles. The normalized spacial score (nSPS) is 28.6. The van der Waals surface area contributed by atoms with Crippen molar-refractivity contribution in [2.75, 3.05) is 6.61 Å². The van der Waals surface area contributed by atoms with Crippen molar-refractivity contribution in [2.45, 2.75) is 71.2 Å². The zero-order chi connectivity index (χ0) is 24.5. The molecule has 1 aliphatic carbocycles. The van der Waals surface area contributed by atoms with Gasteiger partial charge in [0, 0.05) is 26.7 Å². The van der Waals surface area contributed by atoms with Crippen LogP contribution in [0.1, 0.15) is 58.9 Å². The molecule has 0 bridgehead atoms. The van der Waals surface area contributed by atoms with Crippen LogP contribution in [0.2, 0.25) is 0 Å². The van der Waals surface area contributed by atoms with Gasteiger partial charge in [-0.05, 0) is 36.8 Å². The number of carbonyl (C=O) groups excluding carboxylic acids is 3. The van der Waals surface area contributed by atoms with E-state index in [0.29, 0.717) is 25.2 Å². The van der Waals surface area contributed by atoms with E-state index in [4.69, 9.17) is 19.0 Å². The number of carbonyl (C=O) groups is 3. The first-order valence-electron chi connectivity index (χ1n) is 11.7. The second kappa shape index (κ2) is 9.60. The molecule has 0 amide bonds. The van der Waals surface area contributed by atoms with Gasteiger partial charge < -0.3 is 19.0 Å². The topological polar surface area (TPSA) is 100 Å². The van der Waals surface area contributed by atoms with Gasteiger partial charge in [-0.1, -0.05) is 48.0 Å². The minimum Gasteiger partial charge on any atom is -0.466 e. The minimum absolute atomic E-state index is 0.0459. The van der Waals surface area contributed by atoms with Gasteiger partial charge in [-0.3, -0.25) is 9.59 Å². The number of benzene rings is 1. The SMILES string of the molecule is CC(=O)OCCC[C@H](C)C1=C(C)C[C@H]2OC(=O)[C@]3(CC(c4ccccc4)=NO3)[C@H]2[C@@H]1OC(C)=O. The summed E-state index contributed by atoms with van der Waals surface area (Å²) in [6, 6.07) is 9.56. The number of nitrogens with zero attached hydrogens (tertiary/aromatic N) is 1. The lowest BCUT2D eigenvalue weighted by atomic mass is 9.68. The Balaban J connectivity index is 1.62. The highest BCUT2D eigenvalue weighted by Gasteiger charge is 2.67. The molecular formula is C26H31NO7. The Kier molecular flexibility index (Phi) is 6.77. The van der Waals surface area contributed by atoms with Crippen molar-refractivity contribution >= 4 is 23.6 Å². The van der Waals surface area contributed by atoms with Crippen LogP contribution in [0.3, 0.4) is 0 Å². The summed E-state index contributed by atoms with van der Waals surface area (Å²) in [6.07, 6.45) is 1.09. The van der Waals surface area contributed by atoms with Crippen LogP contribution in [0.4, 0.5) is 0 Å². The summed E-state index contributed by atoms with van der Waals surface area (Å²) in [4.78, 5) is 42.4. The molecule has 1 saturated heterocycles. The lowest BCUT2D eigenvalue weighted by Crippen LogP contribution is -2.52. The monoisotopic (exact) mass is 469 g/mol. The summed E-state index contributed by atoms with van der Waals surface area (Å²) in [7, 11) is 0. The molecule has 0 saturated carbocycles. The highest BCUT2D eigenvalue weighted by atomic mass is 16.7. The molecule has 5 atom stereocenters. The van der Waals surface area contributed by atoms with Crippen LogP contribution in [0.5, 0.6) is 0 Å². The first-order chi connectivity index (χ1) is 16.2. The van der Waals surface area contributed by atoms with E-state index in [0.717, 1.165) is 23.1 Å². The smallest absolute Gasteiger partial charge is 0.354 e. The second-order valence-electron chi connectivity index (χ2n) is 9.38. The standard InChI is InChI=1S/C26H31NO7/c1-15(9-8-12-31-17(3)28)22-16(2)13-21-23(24(22)32-18(4)29)26(25(30)33-21)14-20(27-34-26)19-10-6-5-7-11-19/h5-7,10-11,15,21,23-24H,8-9,12-14H2,1-4H3/t15-,21+,23+,24+,26-/m0/s1. The highest BCUT2D eigenvalue weighted by molar-refractivity contribution is 6.05. The molecule has 1 fully saturated rings. The molecule has 3 aliphatic rings. The molecule has 8 nitrogen and oxygen atoms in total. The van der Waals surface area contributed by atoms with E-state index in [-0.39, 0.29) is 18.3 Å². The van der Waals surface area contributed by atoms with Crippen molar-refractivity contribution in [1.29, 1.82) is 0 Å². The highest BCUT2D eigenvalue weighted by Crippen LogP contribution is 2.52. The molecule has 0 aromatic heterocycles. The fourth-order valence-corrected chi connectivity index (χ4v) is 5.51. The van der Waals surface area contributed by atoms with Crippen molar-refractivity contribution in [3.8, 4) is 0 Å². The Hall–Kier alpha value is -3.16. The molecular weight excluding hydrogens is 438 g/mol. The van der Waals surface area contributed by atoms with E-state index in [1.807, 2.05) is 37.3 Å². The maximum absolute atomic E-state index is 13.2. The van der Waals surface area contributed by atoms with Gasteiger partial charge in [0.05, 0.1) is 18.2 Å². The predicted octanol–water partition coefficient (Wildman–Crippen LogP) is 3.72. The van der Waals surface area contributed by atoms with Crippen LogP contribution in [0.15, 0.2) is 46.6 Å². The summed E-state index contributed by atoms with van der Waals surface area (Å²) in [5.74, 6) is -1.67. The van der Waals surface area contributed by atoms with Crippen LogP contribution >= 0.6 is 0 Å². The molecule has 2 heterocycles. The van der Waals surface area contributed by atoms with Gasteiger partial charge in [0.1, 0.15) is 12.2 Å². The third-order valence-corrected chi connectivity index (χ3v) is 6.94. The van der Waals surface area contributed by atoms with Gasteiger partial charge in [-0.25, -0.2) is 4.79 Å². The maximum Gasteiger partial charge on any atom is 0.354 e. The van der Waals surface area contributed by atoms with E-state index in [1.165, 1.54) is 13.8 Å². The van der Waals surface area contributed by atoms with E-state index in [9.17, 15) is 14.4 Å². The van der Waals surface area contributed by atoms with E-state index in [2.05, 4.69) is 12.1 Å². The third-order valence-electron chi connectivity index (χ3n) is 6.94. The molecule has 1 spiro atoms. The first-order valence-corrected chi connectivity index (χ1v) is 11.7. The van der Waals surface area contributed by atoms with Gasteiger partial charge in [0.25, 0.3) is 0 Å². The number of hydrogen-bond acceptors (Lipinski definition) is 8. The van der Waals surface area contributed by atoms with Crippen molar-refractivity contribution in [1.82, 2.24) is 0 Å². The largest absolute Gasteiger partial charge is 0.466 e. The summed E-state index contributed by atoms with van der Waals surface area (Å²) < 4.78 is 16.8. The molecule has 8 heteroatoms. The molecule has 0 N–H and O–H groups in total. The quantitative estimate of drug-likeness (QED) is 0.260. The zero-order valence-corrected chi connectivity index (χ0v) is 20.0. The zero-order valence-electron chi connectivity index (χ0n) is 20.0. The van der Waals surface area contributed by atoms with Gasteiger partial charge in [0.15, 0.2) is 0 Å². The number of fused-ring (bicyclic) bond motifs is 2. The molecule has 2 aliphatic heterocycles. The Labute approximate surface area is 199 Å². The summed E-state index contributed by atoms with van der Waals surface area (Å²) >= 11 is 0. The number of ether oxygens (including phenoxy) is 3. The summed E-state index contributed by atoms with van der Waals surface area (Å²) in [6.45, 7) is 7.14. The number of rotatable bonds is 7. The van der Waals surface area contributed by atoms with Gasteiger partial charge in [0.2, 0.25) is 5.60 Å². The van der Waals surface area contributed by atoms with Gasteiger partial charge in [-0.2, -0.15) is 0 Å². The predicted molar refractivity (Wildman–Crippen MR) is 123 cm³/mol. The van der Waals surface area contributed by atoms with Gasteiger partial charge >= 0.3 is 17.9 Å². The van der Waals surface area contributed by atoms with Crippen LogP contribution in [0, 0.1) is 11.8 Å². The number of hydrogen-bond donors (Lipinski definition) is 0. The number of esters is 3. The fraction of sp³-hybridized carbons (Fsp3) is 0.538. The van der Waals surface area contributed by atoms with Crippen molar-refractivity contribution in [2.24, 2.45) is 17.0 Å². The second-order valence-corrected chi connectivity index (χ2v) is 9.38. The van der Waals surface area contributed by atoms with Crippen LogP contribution in [0.25, 0.3) is 0 Å². The fourth-order valence-electron chi connectivity index (χ4n) is 5.51. The van der Waals surface area contributed by atoms with Crippen molar-refractivity contribution in [3.63, 3.8) is 0 Å². The van der Waals surface area contributed by atoms with E-state index >= 15 is 0 Å². The average Bonchev–Trinajstić information content (AvgIpc) is 3.33. The Morgan fingerprint density at radius 1 is 1.21 bits per heavy atom. The lowest BCUT2D eigenvalue weighted by Gasteiger charge is -2.40. The summed E-state index contributed by atoms with van der Waals surface area (Å²) in [5, 5.41) is 4.27. The van der Waals surface area contributed by atoms with Crippen LogP contribution in [-0.2, 0) is 33.4 Å². The third kappa shape index (κ3) is 4.45. The minimum atomic E-state index is -1.33. The van der Waals surface area contributed by atoms with E-state index < -0.39 is 35.7 Å². The summed E-state index contributed by atoms with van der Waals surface area (Å²) in [5.41, 5.74) is 2.23. The van der Waals surface area contributed by atoms with Crippen molar-refractivity contribution in [3.05, 3.63) is 47.0 Å². The maximum atomic E-state index is 13.2. The Morgan fingerprint density at radius 3 is 2.62 bits per heavy atom. The molecule has 34 heavy (non-hydrogen) atoms. The molecule has 4 rings (SSSR count). The lowest BCUT2D eigenvalue weighted by molar-refractivity contribution is -0.164. The average molecular weight is 470 g/mol.